The van der Waals surface area contributed by atoms with Gasteiger partial charge in [0, 0.05) is 44.0 Å². The van der Waals surface area contributed by atoms with E-state index in [1.165, 1.54) is 5.56 Å². The minimum atomic E-state index is 0. The fourth-order valence-corrected chi connectivity index (χ4v) is 3.20. The molecule has 0 atom stereocenters. The summed E-state index contributed by atoms with van der Waals surface area (Å²) in [6.07, 6.45) is 0.832. The molecule has 2 N–H and O–H groups in total. The van der Waals surface area contributed by atoms with Gasteiger partial charge in [-0.25, -0.2) is 0 Å². The lowest BCUT2D eigenvalue weighted by Crippen LogP contribution is -2.37. The first-order chi connectivity index (χ1) is 12.8. The van der Waals surface area contributed by atoms with Crippen molar-refractivity contribution in [3.05, 3.63) is 65.7 Å². The standard InChI is InChI=1S/C21H27N3O2.2ClH/c22-11-13-24(12-10-18-4-2-1-3-5-18)21(25)19-6-8-20(9-7-19)23-14-16-26-17-15-23;;/h1-9H,10-17,22H2;2*1H. The molecule has 1 aliphatic heterocycles. The average molecular weight is 426 g/mol. The molecule has 1 amide bonds. The van der Waals surface area contributed by atoms with E-state index in [-0.39, 0.29) is 30.7 Å². The van der Waals surface area contributed by atoms with Crippen molar-refractivity contribution in [2.24, 2.45) is 5.73 Å². The smallest absolute Gasteiger partial charge is 0.253 e. The molecule has 154 valence electrons. The predicted octanol–water partition coefficient (Wildman–Crippen LogP) is 3.01. The molecule has 0 spiro atoms. The van der Waals surface area contributed by atoms with Crippen molar-refractivity contribution in [2.75, 3.05) is 50.8 Å². The number of amides is 1. The van der Waals surface area contributed by atoms with Crippen LogP contribution in [0.1, 0.15) is 15.9 Å². The van der Waals surface area contributed by atoms with E-state index >= 15 is 0 Å². The van der Waals surface area contributed by atoms with Gasteiger partial charge in [-0.1, -0.05) is 30.3 Å². The molecule has 0 aromatic heterocycles. The van der Waals surface area contributed by atoms with Gasteiger partial charge in [-0.15, -0.1) is 24.8 Å². The molecule has 5 nitrogen and oxygen atoms in total. The van der Waals surface area contributed by atoms with Gasteiger partial charge >= 0.3 is 0 Å². The summed E-state index contributed by atoms with van der Waals surface area (Å²) < 4.78 is 5.39. The van der Waals surface area contributed by atoms with Crippen LogP contribution in [0.4, 0.5) is 5.69 Å². The molecule has 1 saturated heterocycles. The van der Waals surface area contributed by atoms with E-state index in [0.29, 0.717) is 25.2 Å². The van der Waals surface area contributed by atoms with Crippen LogP contribution < -0.4 is 10.6 Å². The van der Waals surface area contributed by atoms with Crippen LogP contribution in [-0.4, -0.2) is 56.7 Å². The Morgan fingerprint density at radius 1 is 0.964 bits per heavy atom. The van der Waals surface area contributed by atoms with Gasteiger partial charge in [0.25, 0.3) is 5.91 Å². The maximum absolute atomic E-state index is 12.9. The first-order valence-corrected chi connectivity index (χ1v) is 9.24. The Labute approximate surface area is 179 Å². The van der Waals surface area contributed by atoms with Crippen molar-refractivity contribution in [2.45, 2.75) is 6.42 Å². The number of carbonyl (C=O) groups is 1. The van der Waals surface area contributed by atoms with Gasteiger partial charge in [-0.05, 0) is 36.2 Å². The second-order valence-corrected chi connectivity index (χ2v) is 6.46. The molecule has 0 radical (unpaired) electrons. The van der Waals surface area contributed by atoms with Crippen molar-refractivity contribution in [1.82, 2.24) is 4.90 Å². The Morgan fingerprint density at radius 3 is 2.21 bits per heavy atom. The number of benzene rings is 2. The molecular weight excluding hydrogens is 397 g/mol. The number of anilines is 1. The van der Waals surface area contributed by atoms with Gasteiger partial charge in [-0.2, -0.15) is 0 Å². The lowest BCUT2D eigenvalue weighted by Gasteiger charge is -2.29. The Bertz CT molecular complexity index is 693. The highest BCUT2D eigenvalue weighted by molar-refractivity contribution is 5.94. The number of nitrogens with zero attached hydrogens (tertiary/aromatic N) is 2. The molecule has 1 aliphatic rings. The monoisotopic (exact) mass is 425 g/mol. The maximum Gasteiger partial charge on any atom is 0.253 e. The molecule has 2 aromatic carbocycles. The number of carbonyl (C=O) groups excluding carboxylic acids is 1. The molecule has 0 saturated carbocycles. The third-order valence-corrected chi connectivity index (χ3v) is 4.69. The van der Waals surface area contributed by atoms with E-state index in [0.717, 1.165) is 38.4 Å². The summed E-state index contributed by atoms with van der Waals surface area (Å²) >= 11 is 0. The molecule has 0 unspecified atom stereocenters. The third kappa shape index (κ3) is 6.67. The van der Waals surface area contributed by atoms with Gasteiger partial charge in [0.2, 0.25) is 0 Å². The largest absolute Gasteiger partial charge is 0.378 e. The minimum absolute atomic E-state index is 0. The van der Waals surface area contributed by atoms with Gasteiger partial charge in [0.15, 0.2) is 0 Å². The summed E-state index contributed by atoms with van der Waals surface area (Å²) in [7, 11) is 0. The molecule has 28 heavy (non-hydrogen) atoms. The van der Waals surface area contributed by atoms with Crippen LogP contribution in [-0.2, 0) is 11.2 Å². The molecular formula is C21H29Cl2N3O2. The number of nitrogens with two attached hydrogens (primary N) is 1. The van der Waals surface area contributed by atoms with Crippen LogP contribution >= 0.6 is 24.8 Å². The summed E-state index contributed by atoms with van der Waals surface area (Å²) in [6.45, 7) is 5.00. The van der Waals surface area contributed by atoms with Crippen molar-refractivity contribution >= 4 is 36.4 Å². The summed E-state index contributed by atoms with van der Waals surface area (Å²) in [6, 6.07) is 18.1. The van der Waals surface area contributed by atoms with E-state index < -0.39 is 0 Å². The lowest BCUT2D eigenvalue weighted by molar-refractivity contribution is 0.0762. The summed E-state index contributed by atoms with van der Waals surface area (Å²) in [5.74, 6) is 0.0416. The van der Waals surface area contributed by atoms with Gasteiger partial charge in [-0.3, -0.25) is 4.79 Å². The Hall–Kier alpha value is -1.79. The van der Waals surface area contributed by atoms with Crippen LogP contribution in [0.3, 0.4) is 0 Å². The number of ether oxygens (including phenoxy) is 1. The Morgan fingerprint density at radius 2 is 1.61 bits per heavy atom. The zero-order chi connectivity index (χ0) is 18.2. The van der Waals surface area contributed by atoms with Gasteiger partial charge in [0.05, 0.1) is 13.2 Å². The normalized spacial score (nSPS) is 13.2. The van der Waals surface area contributed by atoms with Crippen LogP contribution in [0.5, 0.6) is 0 Å². The first kappa shape index (κ1) is 24.2. The topological polar surface area (TPSA) is 58.8 Å². The van der Waals surface area contributed by atoms with Crippen molar-refractivity contribution in [1.29, 1.82) is 0 Å². The fraction of sp³-hybridized carbons (Fsp3) is 0.381. The number of hydrogen-bond donors (Lipinski definition) is 1. The molecule has 1 fully saturated rings. The summed E-state index contributed by atoms with van der Waals surface area (Å²) in [5, 5.41) is 0. The zero-order valence-electron chi connectivity index (χ0n) is 16.0. The molecule has 2 aromatic rings. The Balaban J connectivity index is 0.00000196. The van der Waals surface area contributed by atoms with Crippen molar-refractivity contribution in [3.8, 4) is 0 Å². The van der Waals surface area contributed by atoms with Crippen molar-refractivity contribution in [3.63, 3.8) is 0 Å². The maximum atomic E-state index is 12.9. The lowest BCUT2D eigenvalue weighted by atomic mass is 10.1. The van der Waals surface area contributed by atoms with Gasteiger partial charge in [0.1, 0.15) is 0 Å². The van der Waals surface area contributed by atoms with Crippen LogP contribution in [0, 0.1) is 0 Å². The molecule has 7 heteroatoms. The molecule has 0 bridgehead atoms. The van der Waals surface area contributed by atoms with E-state index in [1.807, 2.05) is 47.4 Å². The molecule has 1 heterocycles. The summed E-state index contributed by atoms with van der Waals surface area (Å²) in [4.78, 5) is 17.0. The van der Waals surface area contributed by atoms with E-state index in [2.05, 4.69) is 17.0 Å². The first-order valence-electron chi connectivity index (χ1n) is 9.24. The Kier molecular flexibility index (Phi) is 10.9. The highest BCUT2D eigenvalue weighted by Crippen LogP contribution is 2.17. The second kappa shape index (κ2) is 12.6. The van der Waals surface area contributed by atoms with Crippen LogP contribution in [0.2, 0.25) is 0 Å². The third-order valence-electron chi connectivity index (χ3n) is 4.69. The quantitative estimate of drug-likeness (QED) is 0.740. The number of hydrogen-bond acceptors (Lipinski definition) is 4. The highest BCUT2D eigenvalue weighted by Gasteiger charge is 2.16. The van der Waals surface area contributed by atoms with Gasteiger partial charge < -0.3 is 20.3 Å². The number of rotatable bonds is 7. The van der Waals surface area contributed by atoms with Crippen LogP contribution in [0.15, 0.2) is 54.6 Å². The SMILES string of the molecule is Cl.Cl.NCCN(CCc1ccccc1)C(=O)c1ccc(N2CCOCC2)cc1. The summed E-state index contributed by atoms with van der Waals surface area (Å²) in [5.41, 5.74) is 8.80. The molecule has 3 rings (SSSR count). The second-order valence-electron chi connectivity index (χ2n) is 6.46. The van der Waals surface area contributed by atoms with E-state index in [4.69, 9.17) is 10.5 Å². The zero-order valence-corrected chi connectivity index (χ0v) is 17.6. The molecule has 0 aliphatic carbocycles. The van der Waals surface area contributed by atoms with E-state index in [1.54, 1.807) is 0 Å². The van der Waals surface area contributed by atoms with Crippen LogP contribution in [0.25, 0.3) is 0 Å². The predicted molar refractivity (Wildman–Crippen MR) is 119 cm³/mol. The highest BCUT2D eigenvalue weighted by atomic mass is 35.5. The van der Waals surface area contributed by atoms with Crippen molar-refractivity contribution < 1.29 is 9.53 Å². The number of halogens is 2. The van der Waals surface area contributed by atoms with E-state index in [9.17, 15) is 4.79 Å². The number of morpholine rings is 1. The minimum Gasteiger partial charge on any atom is -0.378 e. The fourth-order valence-electron chi connectivity index (χ4n) is 3.20. The average Bonchev–Trinajstić information content (AvgIpc) is 2.72.